The molecule has 1 aromatic heterocycles. The number of piperidine rings is 1. The molecule has 1 N–H and O–H groups in total. The number of rotatable bonds is 4. The van der Waals surface area contributed by atoms with Gasteiger partial charge in [-0.25, -0.2) is 9.78 Å². The predicted octanol–water partition coefficient (Wildman–Crippen LogP) is 4.00. The Labute approximate surface area is 193 Å². The van der Waals surface area contributed by atoms with Crippen LogP contribution in [0.4, 0.5) is 10.5 Å². The molecule has 172 valence electrons. The van der Waals surface area contributed by atoms with Crippen molar-refractivity contribution < 1.29 is 14.3 Å². The number of amides is 2. The molecule has 2 amide bonds. The molecule has 0 radical (unpaired) electrons. The summed E-state index contributed by atoms with van der Waals surface area (Å²) >= 11 is 1.65. The van der Waals surface area contributed by atoms with Crippen molar-refractivity contribution in [3.8, 4) is 11.3 Å². The maximum atomic E-state index is 13.0. The van der Waals surface area contributed by atoms with Crippen molar-refractivity contribution in [3.63, 3.8) is 0 Å². The number of thiazole rings is 1. The molecule has 0 aliphatic carbocycles. The second-order valence-corrected chi connectivity index (χ2v) is 10.6. The number of anilines is 1. The Morgan fingerprint density at radius 1 is 1.22 bits per heavy atom. The summed E-state index contributed by atoms with van der Waals surface area (Å²) in [5.74, 6) is 0.138. The van der Waals surface area contributed by atoms with Gasteiger partial charge in [-0.1, -0.05) is 6.07 Å². The van der Waals surface area contributed by atoms with E-state index in [0.717, 1.165) is 60.8 Å². The Hall–Kier alpha value is -2.45. The van der Waals surface area contributed by atoms with Gasteiger partial charge in [0.1, 0.15) is 5.60 Å². The molecular formula is C24H32N4O3S. The number of carbonyl (C=O) groups is 2. The van der Waals surface area contributed by atoms with Gasteiger partial charge in [0, 0.05) is 42.3 Å². The molecule has 0 atom stereocenters. The number of hydrogen-bond acceptors (Lipinski definition) is 6. The summed E-state index contributed by atoms with van der Waals surface area (Å²) in [7, 11) is 0. The maximum absolute atomic E-state index is 13.0. The van der Waals surface area contributed by atoms with Gasteiger partial charge in [-0.05, 0) is 64.7 Å². The number of nitrogens with zero attached hydrogens (tertiary/aromatic N) is 3. The van der Waals surface area contributed by atoms with Crippen LogP contribution in [-0.4, -0.2) is 59.7 Å². The Morgan fingerprint density at radius 2 is 1.97 bits per heavy atom. The number of alkyl carbamates (subject to hydrolysis) is 1. The highest BCUT2D eigenvalue weighted by Crippen LogP contribution is 2.33. The average molecular weight is 457 g/mol. The van der Waals surface area contributed by atoms with Crippen LogP contribution in [0.5, 0.6) is 0 Å². The van der Waals surface area contributed by atoms with E-state index in [1.165, 1.54) is 5.56 Å². The molecule has 1 fully saturated rings. The van der Waals surface area contributed by atoms with E-state index >= 15 is 0 Å². The summed E-state index contributed by atoms with van der Waals surface area (Å²) in [5, 5.41) is 6.09. The zero-order valence-electron chi connectivity index (χ0n) is 19.3. The van der Waals surface area contributed by atoms with Crippen LogP contribution in [-0.2, 0) is 16.0 Å². The lowest BCUT2D eigenvalue weighted by Crippen LogP contribution is -2.48. The fourth-order valence-electron chi connectivity index (χ4n) is 4.30. The zero-order valence-corrected chi connectivity index (χ0v) is 20.1. The van der Waals surface area contributed by atoms with Gasteiger partial charge in [-0.15, -0.1) is 11.3 Å². The van der Waals surface area contributed by atoms with Crippen LogP contribution in [0.15, 0.2) is 23.6 Å². The van der Waals surface area contributed by atoms with Gasteiger partial charge in [-0.3, -0.25) is 9.69 Å². The predicted molar refractivity (Wildman–Crippen MR) is 127 cm³/mol. The largest absolute Gasteiger partial charge is 0.444 e. The first kappa shape index (κ1) is 22.7. The van der Waals surface area contributed by atoms with Crippen LogP contribution in [0, 0.1) is 6.92 Å². The van der Waals surface area contributed by atoms with Gasteiger partial charge in [0.05, 0.1) is 17.2 Å². The molecule has 0 unspecified atom stereocenters. The molecule has 2 aliphatic rings. The molecule has 4 rings (SSSR count). The van der Waals surface area contributed by atoms with E-state index in [9.17, 15) is 9.59 Å². The first-order valence-corrected chi connectivity index (χ1v) is 12.1. The Balaban J connectivity index is 1.29. The summed E-state index contributed by atoms with van der Waals surface area (Å²) in [5.41, 5.74) is 3.85. The first-order valence-electron chi connectivity index (χ1n) is 11.3. The van der Waals surface area contributed by atoms with Crippen LogP contribution in [0.25, 0.3) is 11.3 Å². The number of nitrogens with one attached hydrogen (secondary N) is 1. The van der Waals surface area contributed by atoms with Crippen molar-refractivity contribution in [2.24, 2.45) is 0 Å². The fourth-order valence-corrected chi connectivity index (χ4v) is 4.92. The molecule has 0 spiro atoms. The third-order valence-electron chi connectivity index (χ3n) is 5.86. The Kier molecular flexibility index (Phi) is 6.53. The minimum Gasteiger partial charge on any atom is -0.444 e. The molecule has 32 heavy (non-hydrogen) atoms. The van der Waals surface area contributed by atoms with Crippen molar-refractivity contribution in [2.75, 3.05) is 31.1 Å². The van der Waals surface area contributed by atoms with E-state index in [2.05, 4.69) is 38.8 Å². The van der Waals surface area contributed by atoms with Crippen molar-refractivity contribution in [1.82, 2.24) is 15.2 Å². The quantitative estimate of drug-likeness (QED) is 0.753. The second-order valence-electron chi connectivity index (χ2n) is 9.59. The number of carbonyl (C=O) groups excluding carboxylic acids is 2. The molecule has 0 bridgehead atoms. The van der Waals surface area contributed by atoms with E-state index in [0.29, 0.717) is 6.54 Å². The van der Waals surface area contributed by atoms with Crippen LogP contribution in [0.1, 0.15) is 44.2 Å². The van der Waals surface area contributed by atoms with Crippen LogP contribution >= 0.6 is 11.3 Å². The number of ether oxygens (including phenoxy) is 1. The van der Waals surface area contributed by atoms with Gasteiger partial charge in [0.2, 0.25) is 5.91 Å². The lowest BCUT2D eigenvalue weighted by molar-refractivity contribution is -0.119. The Bertz CT molecular complexity index is 989. The number of aromatic nitrogens is 1. The third-order valence-corrected chi connectivity index (χ3v) is 6.63. The number of likely N-dealkylation sites (tertiary alicyclic amines) is 1. The highest BCUT2D eigenvalue weighted by molar-refractivity contribution is 7.09. The lowest BCUT2D eigenvalue weighted by atomic mass is 10.1. The maximum Gasteiger partial charge on any atom is 0.407 e. The highest BCUT2D eigenvalue weighted by atomic mass is 32.1. The minimum atomic E-state index is -0.497. The van der Waals surface area contributed by atoms with E-state index in [4.69, 9.17) is 4.74 Å². The van der Waals surface area contributed by atoms with E-state index in [1.54, 1.807) is 11.3 Å². The third kappa shape index (κ3) is 5.48. The van der Waals surface area contributed by atoms with Crippen LogP contribution in [0.2, 0.25) is 0 Å². The smallest absolute Gasteiger partial charge is 0.407 e. The van der Waals surface area contributed by atoms with E-state index < -0.39 is 5.60 Å². The molecule has 8 heteroatoms. The zero-order chi connectivity index (χ0) is 22.9. The summed E-state index contributed by atoms with van der Waals surface area (Å²) in [6, 6.07) is 6.38. The monoisotopic (exact) mass is 456 g/mol. The van der Waals surface area contributed by atoms with Crippen molar-refractivity contribution in [3.05, 3.63) is 34.2 Å². The molecule has 1 saturated heterocycles. The second kappa shape index (κ2) is 9.19. The highest BCUT2D eigenvalue weighted by Gasteiger charge is 2.29. The SMILES string of the molecule is Cc1nc(-c2ccc3c(c2)CCN3C(=O)CN2CCC(NC(=O)OC(C)(C)C)CC2)cs1. The standard InChI is InChI=1S/C24H32N4O3S/c1-16-25-20(15-32-16)17-5-6-21-18(13-17)7-12-28(21)22(29)14-27-10-8-19(9-11-27)26-23(30)31-24(2,3)4/h5-6,13,15,19H,7-12,14H2,1-4H3,(H,26,30). The fraction of sp³-hybridized carbons (Fsp3) is 0.542. The van der Waals surface area contributed by atoms with Gasteiger partial charge in [-0.2, -0.15) is 0 Å². The van der Waals surface area contributed by atoms with Crippen molar-refractivity contribution >= 4 is 29.0 Å². The van der Waals surface area contributed by atoms with E-state index in [1.807, 2.05) is 32.6 Å². The van der Waals surface area contributed by atoms with Gasteiger partial charge in [0.15, 0.2) is 0 Å². The van der Waals surface area contributed by atoms with Gasteiger partial charge < -0.3 is 15.0 Å². The number of fused-ring (bicyclic) bond motifs is 1. The molecule has 0 saturated carbocycles. The van der Waals surface area contributed by atoms with Crippen molar-refractivity contribution in [1.29, 1.82) is 0 Å². The summed E-state index contributed by atoms with van der Waals surface area (Å²) in [4.78, 5) is 33.7. The number of hydrogen-bond donors (Lipinski definition) is 1. The summed E-state index contributed by atoms with van der Waals surface area (Å²) < 4.78 is 5.34. The van der Waals surface area contributed by atoms with Crippen LogP contribution in [0.3, 0.4) is 0 Å². The normalized spacial score (nSPS) is 17.3. The summed E-state index contributed by atoms with van der Waals surface area (Å²) in [6.07, 6.45) is 2.15. The minimum absolute atomic E-state index is 0.0940. The number of benzene rings is 1. The molecular weight excluding hydrogens is 424 g/mol. The average Bonchev–Trinajstić information content (AvgIpc) is 3.33. The first-order chi connectivity index (χ1) is 15.2. The molecule has 7 nitrogen and oxygen atoms in total. The summed E-state index contributed by atoms with van der Waals surface area (Å²) in [6.45, 7) is 10.3. The number of aryl methyl sites for hydroxylation is 1. The van der Waals surface area contributed by atoms with Crippen LogP contribution < -0.4 is 10.2 Å². The molecule has 2 aliphatic heterocycles. The Morgan fingerprint density at radius 3 is 2.62 bits per heavy atom. The van der Waals surface area contributed by atoms with E-state index in [-0.39, 0.29) is 18.0 Å². The molecule has 1 aromatic carbocycles. The molecule has 2 aromatic rings. The molecule has 3 heterocycles. The lowest BCUT2D eigenvalue weighted by Gasteiger charge is -2.33. The van der Waals surface area contributed by atoms with Crippen molar-refractivity contribution in [2.45, 2.75) is 58.6 Å². The van der Waals surface area contributed by atoms with Gasteiger partial charge in [0.25, 0.3) is 0 Å². The van der Waals surface area contributed by atoms with Gasteiger partial charge >= 0.3 is 6.09 Å². The topological polar surface area (TPSA) is 74.8 Å².